The van der Waals surface area contributed by atoms with Crippen LogP contribution in [0.4, 0.5) is 10.3 Å². The quantitative estimate of drug-likeness (QED) is 0.676. The predicted molar refractivity (Wildman–Crippen MR) is 101 cm³/mol. The Morgan fingerprint density at radius 2 is 1.79 bits per heavy atom. The van der Waals surface area contributed by atoms with Crippen LogP contribution in [0.15, 0.2) is 53.4 Å². The molecule has 144 valence electrons. The van der Waals surface area contributed by atoms with E-state index in [1.54, 1.807) is 36.8 Å². The lowest BCUT2D eigenvalue weighted by Gasteiger charge is -2.34. The molecule has 7 nitrogen and oxygen atoms in total. The van der Waals surface area contributed by atoms with Gasteiger partial charge in [-0.1, -0.05) is 5.16 Å². The molecule has 1 aromatic carbocycles. The fourth-order valence-electron chi connectivity index (χ4n) is 3.29. The van der Waals surface area contributed by atoms with Crippen molar-refractivity contribution in [2.45, 2.75) is 12.8 Å². The first-order valence-corrected chi connectivity index (χ1v) is 9.20. The maximum Gasteiger partial charge on any atom is 0.225 e. The molecule has 8 heteroatoms. The summed E-state index contributed by atoms with van der Waals surface area (Å²) in [7, 11) is 0. The van der Waals surface area contributed by atoms with Crippen LogP contribution in [0.1, 0.15) is 12.0 Å². The van der Waals surface area contributed by atoms with Gasteiger partial charge in [0.05, 0.1) is 6.20 Å². The van der Waals surface area contributed by atoms with Crippen LogP contribution in [0.3, 0.4) is 0 Å². The molecule has 28 heavy (non-hydrogen) atoms. The normalized spacial score (nSPS) is 14.3. The van der Waals surface area contributed by atoms with Gasteiger partial charge >= 0.3 is 0 Å². The number of benzene rings is 1. The number of aromatic nitrogens is 3. The highest BCUT2D eigenvalue weighted by Gasteiger charge is 2.23. The second kappa shape index (κ2) is 8.16. The standard InChI is InChI=1S/C20H20FN5O2/c21-17-5-2-15(3-6-17)19-16(14-24-28-19)4-7-18(27)25-10-12-26(13-11-25)20-22-8-1-9-23-20/h1-3,5-6,8-9,14H,4,7,10-13H2. The molecular weight excluding hydrogens is 361 g/mol. The lowest BCUT2D eigenvalue weighted by atomic mass is 10.0. The number of amides is 1. The number of nitrogens with zero attached hydrogens (tertiary/aromatic N) is 5. The van der Waals surface area contributed by atoms with Gasteiger partial charge in [0.1, 0.15) is 5.82 Å². The molecule has 0 N–H and O–H groups in total. The lowest BCUT2D eigenvalue weighted by molar-refractivity contribution is -0.131. The second-order valence-corrected chi connectivity index (χ2v) is 6.60. The van der Waals surface area contributed by atoms with Crippen LogP contribution in [-0.4, -0.2) is 52.1 Å². The molecule has 0 unspecified atom stereocenters. The van der Waals surface area contributed by atoms with Crippen molar-refractivity contribution in [3.05, 3.63) is 60.3 Å². The molecule has 0 saturated carbocycles. The highest BCUT2D eigenvalue weighted by atomic mass is 19.1. The first-order valence-electron chi connectivity index (χ1n) is 9.20. The van der Waals surface area contributed by atoms with Gasteiger partial charge in [-0.25, -0.2) is 14.4 Å². The van der Waals surface area contributed by atoms with Crippen LogP contribution in [-0.2, 0) is 11.2 Å². The van der Waals surface area contributed by atoms with Gasteiger partial charge in [0.25, 0.3) is 0 Å². The summed E-state index contributed by atoms with van der Waals surface area (Å²) in [6.07, 6.45) is 5.96. The van der Waals surface area contributed by atoms with Gasteiger partial charge in [0.2, 0.25) is 11.9 Å². The summed E-state index contributed by atoms with van der Waals surface area (Å²) in [5, 5.41) is 3.84. The smallest absolute Gasteiger partial charge is 0.225 e. The van der Waals surface area contributed by atoms with Crippen molar-refractivity contribution in [2.75, 3.05) is 31.1 Å². The molecule has 1 saturated heterocycles. The number of halogens is 1. The Hall–Kier alpha value is -3.29. The molecule has 1 aliphatic rings. The van der Waals surface area contributed by atoms with E-state index in [2.05, 4.69) is 20.0 Å². The summed E-state index contributed by atoms with van der Waals surface area (Å²) in [5.74, 6) is 1.07. The van der Waals surface area contributed by atoms with Crippen LogP contribution in [0.2, 0.25) is 0 Å². The molecule has 1 fully saturated rings. The minimum Gasteiger partial charge on any atom is -0.356 e. The third-order valence-corrected chi connectivity index (χ3v) is 4.83. The van der Waals surface area contributed by atoms with Crippen molar-refractivity contribution >= 4 is 11.9 Å². The number of hydrogen-bond acceptors (Lipinski definition) is 6. The molecule has 0 bridgehead atoms. The Bertz CT molecular complexity index is 921. The zero-order chi connectivity index (χ0) is 19.3. The SMILES string of the molecule is O=C(CCc1cnoc1-c1ccc(F)cc1)N1CCN(c2ncccn2)CC1. The van der Waals surface area contributed by atoms with E-state index in [9.17, 15) is 9.18 Å². The van der Waals surface area contributed by atoms with E-state index < -0.39 is 0 Å². The van der Waals surface area contributed by atoms with Crippen molar-refractivity contribution in [3.8, 4) is 11.3 Å². The molecule has 0 atom stereocenters. The molecule has 0 aliphatic carbocycles. The van der Waals surface area contributed by atoms with Crippen LogP contribution in [0, 0.1) is 5.82 Å². The predicted octanol–water partition coefficient (Wildman–Crippen LogP) is 2.55. The Morgan fingerprint density at radius 1 is 1.07 bits per heavy atom. The van der Waals surface area contributed by atoms with Crippen molar-refractivity contribution in [1.29, 1.82) is 0 Å². The Labute approximate surface area is 161 Å². The van der Waals surface area contributed by atoms with Gasteiger partial charge in [-0.15, -0.1) is 0 Å². The van der Waals surface area contributed by atoms with Crippen molar-refractivity contribution in [1.82, 2.24) is 20.0 Å². The number of anilines is 1. The maximum atomic E-state index is 13.1. The first-order chi connectivity index (χ1) is 13.7. The van der Waals surface area contributed by atoms with Crippen molar-refractivity contribution < 1.29 is 13.7 Å². The minimum absolute atomic E-state index is 0.0971. The average Bonchev–Trinajstić information content (AvgIpc) is 3.22. The third kappa shape index (κ3) is 4.00. The molecule has 3 aromatic rings. The van der Waals surface area contributed by atoms with Gasteiger partial charge in [-0.3, -0.25) is 4.79 Å². The van der Waals surface area contributed by atoms with Gasteiger partial charge in [0, 0.05) is 56.1 Å². The van der Waals surface area contributed by atoms with Crippen LogP contribution in [0.25, 0.3) is 11.3 Å². The Morgan fingerprint density at radius 3 is 2.50 bits per heavy atom. The summed E-state index contributed by atoms with van der Waals surface area (Å²) in [6.45, 7) is 2.71. The number of aryl methyl sites for hydroxylation is 1. The number of rotatable bonds is 5. The highest BCUT2D eigenvalue weighted by Crippen LogP contribution is 2.25. The van der Waals surface area contributed by atoms with Gasteiger partial charge in [-0.2, -0.15) is 0 Å². The van der Waals surface area contributed by atoms with Gasteiger partial charge in [-0.05, 0) is 36.8 Å². The van der Waals surface area contributed by atoms with E-state index in [0.717, 1.165) is 11.1 Å². The van der Waals surface area contributed by atoms with E-state index in [1.165, 1.54) is 12.1 Å². The molecule has 1 aliphatic heterocycles. The Kier molecular flexibility index (Phi) is 5.27. The van der Waals surface area contributed by atoms with Gasteiger partial charge in [0.15, 0.2) is 5.76 Å². The Balaban J connectivity index is 1.32. The molecule has 4 rings (SSSR count). The van der Waals surface area contributed by atoms with E-state index in [4.69, 9.17) is 4.52 Å². The number of carbonyl (C=O) groups excluding carboxylic acids is 1. The van der Waals surface area contributed by atoms with Crippen LogP contribution >= 0.6 is 0 Å². The summed E-state index contributed by atoms with van der Waals surface area (Å²) >= 11 is 0. The zero-order valence-electron chi connectivity index (χ0n) is 15.3. The van der Waals surface area contributed by atoms with Crippen LogP contribution < -0.4 is 4.90 Å². The second-order valence-electron chi connectivity index (χ2n) is 6.60. The summed E-state index contributed by atoms with van der Waals surface area (Å²) in [4.78, 5) is 25.1. The fraction of sp³-hybridized carbons (Fsp3) is 0.300. The summed E-state index contributed by atoms with van der Waals surface area (Å²) in [6, 6.07) is 7.83. The molecule has 2 aromatic heterocycles. The minimum atomic E-state index is -0.306. The number of carbonyl (C=O) groups is 1. The fourth-order valence-corrected chi connectivity index (χ4v) is 3.29. The van der Waals surface area contributed by atoms with Crippen molar-refractivity contribution in [3.63, 3.8) is 0 Å². The van der Waals surface area contributed by atoms with E-state index in [0.29, 0.717) is 50.7 Å². The molecule has 0 radical (unpaired) electrons. The van der Waals surface area contributed by atoms with E-state index >= 15 is 0 Å². The molecular formula is C20H20FN5O2. The first kappa shape index (κ1) is 18.1. The molecule has 0 spiro atoms. The third-order valence-electron chi connectivity index (χ3n) is 4.83. The maximum absolute atomic E-state index is 13.1. The van der Waals surface area contributed by atoms with Gasteiger partial charge < -0.3 is 14.3 Å². The zero-order valence-corrected chi connectivity index (χ0v) is 15.3. The van der Waals surface area contributed by atoms with Crippen molar-refractivity contribution in [2.24, 2.45) is 0 Å². The average molecular weight is 381 g/mol. The summed E-state index contributed by atoms with van der Waals surface area (Å²) in [5.41, 5.74) is 1.59. The number of hydrogen-bond donors (Lipinski definition) is 0. The monoisotopic (exact) mass is 381 g/mol. The highest BCUT2D eigenvalue weighted by molar-refractivity contribution is 5.77. The van der Waals surface area contributed by atoms with Crippen LogP contribution in [0.5, 0.6) is 0 Å². The molecule has 1 amide bonds. The largest absolute Gasteiger partial charge is 0.356 e. The van der Waals surface area contributed by atoms with E-state index in [1.807, 2.05) is 4.90 Å². The number of piperazine rings is 1. The summed E-state index contributed by atoms with van der Waals surface area (Å²) < 4.78 is 18.4. The lowest BCUT2D eigenvalue weighted by Crippen LogP contribution is -2.49. The molecule has 3 heterocycles. The topological polar surface area (TPSA) is 75.4 Å². The van der Waals surface area contributed by atoms with E-state index in [-0.39, 0.29) is 11.7 Å².